The fraction of sp³-hybridized carbons (Fsp3) is 0.467. The number of carboxylic acids is 1. The van der Waals surface area contributed by atoms with Gasteiger partial charge in [-0.2, -0.15) is 0 Å². The van der Waals surface area contributed by atoms with Crippen LogP contribution in [0.25, 0.3) is 0 Å². The van der Waals surface area contributed by atoms with Crippen LogP contribution in [0.4, 0.5) is 10.5 Å². The summed E-state index contributed by atoms with van der Waals surface area (Å²) in [7, 11) is -3.73. The average Bonchev–Trinajstić information content (AvgIpc) is 2.37. The van der Waals surface area contributed by atoms with Gasteiger partial charge in [-0.15, -0.1) is 0 Å². The van der Waals surface area contributed by atoms with E-state index in [0.29, 0.717) is 11.3 Å². The van der Waals surface area contributed by atoms with Crippen LogP contribution in [-0.2, 0) is 14.8 Å². The zero-order chi connectivity index (χ0) is 18.5. The second kappa shape index (κ2) is 7.63. The van der Waals surface area contributed by atoms with Crippen LogP contribution in [0.5, 0.6) is 0 Å². The number of carbonyl (C=O) groups excluding carboxylic acids is 1. The number of amides is 2. The molecule has 0 spiro atoms. The van der Waals surface area contributed by atoms with Gasteiger partial charge in [-0.1, -0.05) is 6.07 Å². The van der Waals surface area contributed by atoms with Crippen LogP contribution in [-0.4, -0.2) is 37.6 Å². The lowest BCUT2D eigenvalue weighted by atomic mass is 10.1. The molecular formula is C15H23N3O5S. The van der Waals surface area contributed by atoms with E-state index in [0.717, 1.165) is 0 Å². The second-order valence-electron chi connectivity index (χ2n) is 6.36. The molecule has 24 heavy (non-hydrogen) atoms. The maximum absolute atomic E-state index is 12.4. The SMILES string of the molecule is Cc1ccc(NC(=O)NCCC(=O)O)cc1S(=O)(=O)NC(C)(C)C. The van der Waals surface area contributed by atoms with Gasteiger partial charge in [0.25, 0.3) is 0 Å². The number of aliphatic carboxylic acids is 1. The van der Waals surface area contributed by atoms with Crippen molar-refractivity contribution >= 4 is 27.7 Å². The van der Waals surface area contributed by atoms with Gasteiger partial charge in [0, 0.05) is 17.8 Å². The third-order valence-electron chi connectivity index (χ3n) is 2.80. The highest BCUT2D eigenvalue weighted by molar-refractivity contribution is 7.89. The molecule has 0 saturated heterocycles. The van der Waals surface area contributed by atoms with Crippen molar-refractivity contribution in [2.45, 2.75) is 44.6 Å². The number of rotatable bonds is 6. The molecule has 0 atom stereocenters. The second-order valence-corrected chi connectivity index (χ2v) is 8.01. The van der Waals surface area contributed by atoms with Crippen LogP contribution in [0.3, 0.4) is 0 Å². The van der Waals surface area contributed by atoms with Crippen LogP contribution in [0.2, 0.25) is 0 Å². The van der Waals surface area contributed by atoms with Gasteiger partial charge >= 0.3 is 12.0 Å². The van der Waals surface area contributed by atoms with Crippen LogP contribution in [0, 0.1) is 6.92 Å². The minimum atomic E-state index is -3.73. The highest BCUT2D eigenvalue weighted by Crippen LogP contribution is 2.21. The molecule has 0 saturated carbocycles. The first-order valence-corrected chi connectivity index (χ1v) is 8.80. The van der Waals surface area contributed by atoms with Gasteiger partial charge in [0.1, 0.15) is 0 Å². The van der Waals surface area contributed by atoms with Crippen LogP contribution >= 0.6 is 0 Å². The maximum Gasteiger partial charge on any atom is 0.319 e. The fourth-order valence-electron chi connectivity index (χ4n) is 1.88. The van der Waals surface area contributed by atoms with Crippen molar-refractivity contribution in [3.8, 4) is 0 Å². The zero-order valence-corrected chi connectivity index (χ0v) is 15.0. The van der Waals surface area contributed by atoms with Gasteiger partial charge in [-0.05, 0) is 45.4 Å². The topological polar surface area (TPSA) is 125 Å². The molecule has 0 bridgehead atoms. The molecule has 8 nitrogen and oxygen atoms in total. The number of nitrogens with one attached hydrogen (secondary N) is 3. The van der Waals surface area contributed by atoms with Gasteiger partial charge in [0.2, 0.25) is 10.0 Å². The van der Waals surface area contributed by atoms with Crippen molar-refractivity contribution in [2.75, 3.05) is 11.9 Å². The number of hydrogen-bond donors (Lipinski definition) is 4. The third-order valence-corrected chi connectivity index (χ3v) is 4.70. The third kappa shape index (κ3) is 6.55. The Kier molecular flexibility index (Phi) is 6.33. The van der Waals surface area contributed by atoms with Crippen molar-refractivity contribution in [1.82, 2.24) is 10.0 Å². The molecule has 1 aromatic carbocycles. The number of benzene rings is 1. The number of carboxylic acid groups (broad SMARTS) is 1. The minimum Gasteiger partial charge on any atom is -0.481 e. The Bertz CT molecular complexity index is 723. The highest BCUT2D eigenvalue weighted by Gasteiger charge is 2.24. The number of urea groups is 1. The average molecular weight is 357 g/mol. The van der Waals surface area contributed by atoms with E-state index in [1.54, 1.807) is 39.8 Å². The summed E-state index contributed by atoms with van der Waals surface area (Å²) >= 11 is 0. The summed E-state index contributed by atoms with van der Waals surface area (Å²) in [5.74, 6) is -1.02. The predicted octanol–water partition coefficient (Wildman–Crippen LogP) is 1.67. The molecule has 0 heterocycles. The molecule has 0 aliphatic heterocycles. The Balaban J connectivity index is 2.90. The standard InChI is InChI=1S/C15H23N3O5S/c1-10-5-6-11(17-14(21)16-8-7-13(19)20)9-12(10)24(22,23)18-15(2,3)4/h5-6,9,18H,7-8H2,1-4H3,(H,19,20)(H2,16,17,21). The lowest BCUT2D eigenvalue weighted by Crippen LogP contribution is -2.40. The Hall–Kier alpha value is -2.13. The largest absolute Gasteiger partial charge is 0.481 e. The summed E-state index contributed by atoms with van der Waals surface area (Å²) < 4.78 is 27.5. The predicted molar refractivity (Wildman–Crippen MR) is 90.5 cm³/mol. The number of carbonyl (C=O) groups is 2. The molecule has 2 amide bonds. The van der Waals surface area contributed by atoms with E-state index >= 15 is 0 Å². The van der Waals surface area contributed by atoms with E-state index in [-0.39, 0.29) is 17.9 Å². The first kappa shape index (κ1) is 19.9. The van der Waals surface area contributed by atoms with Crippen LogP contribution < -0.4 is 15.4 Å². The highest BCUT2D eigenvalue weighted by atomic mass is 32.2. The van der Waals surface area contributed by atoms with Gasteiger partial charge in [-0.25, -0.2) is 17.9 Å². The quantitative estimate of drug-likeness (QED) is 0.616. The molecular weight excluding hydrogens is 334 g/mol. The van der Waals surface area contributed by atoms with Crippen molar-refractivity contribution in [1.29, 1.82) is 0 Å². The Morgan fingerprint density at radius 2 is 1.83 bits per heavy atom. The molecule has 1 aromatic rings. The number of anilines is 1. The molecule has 0 radical (unpaired) electrons. The van der Waals surface area contributed by atoms with E-state index in [9.17, 15) is 18.0 Å². The minimum absolute atomic E-state index is 0.0240. The lowest BCUT2D eigenvalue weighted by molar-refractivity contribution is -0.136. The summed E-state index contributed by atoms with van der Waals surface area (Å²) in [5.41, 5.74) is 0.203. The molecule has 0 fully saturated rings. The smallest absolute Gasteiger partial charge is 0.319 e. The normalized spacial score (nSPS) is 11.8. The Morgan fingerprint density at radius 3 is 2.38 bits per heavy atom. The molecule has 0 aliphatic carbocycles. The maximum atomic E-state index is 12.4. The number of aryl methyl sites for hydroxylation is 1. The summed E-state index contributed by atoms with van der Waals surface area (Å²) in [6, 6.07) is 3.92. The van der Waals surface area contributed by atoms with E-state index in [1.807, 2.05) is 0 Å². The monoisotopic (exact) mass is 357 g/mol. The van der Waals surface area contributed by atoms with Crippen LogP contribution in [0.15, 0.2) is 23.1 Å². The molecule has 9 heteroatoms. The first-order valence-electron chi connectivity index (χ1n) is 7.32. The van der Waals surface area contributed by atoms with Gasteiger partial charge in [0.15, 0.2) is 0 Å². The Labute approximate surface area is 141 Å². The first-order chi connectivity index (χ1) is 10.9. The van der Waals surface area contributed by atoms with Gasteiger partial charge in [-0.3, -0.25) is 4.79 Å². The fourth-order valence-corrected chi connectivity index (χ4v) is 3.57. The number of sulfonamides is 1. The van der Waals surface area contributed by atoms with Crippen LogP contribution in [0.1, 0.15) is 32.8 Å². The van der Waals surface area contributed by atoms with Crippen molar-refractivity contribution in [3.63, 3.8) is 0 Å². The summed E-state index contributed by atoms with van der Waals surface area (Å²) in [5, 5.41) is 13.4. The summed E-state index contributed by atoms with van der Waals surface area (Å²) in [4.78, 5) is 22.2. The number of hydrogen-bond acceptors (Lipinski definition) is 4. The molecule has 0 unspecified atom stereocenters. The lowest BCUT2D eigenvalue weighted by Gasteiger charge is -2.21. The van der Waals surface area contributed by atoms with Crippen molar-refractivity contribution in [3.05, 3.63) is 23.8 Å². The zero-order valence-electron chi connectivity index (χ0n) is 14.1. The van der Waals surface area contributed by atoms with Gasteiger partial charge in [0.05, 0.1) is 11.3 Å². The Morgan fingerprint density at radius 1 is 1.21 bits per heavy atom. The van der Waals surface area contributed by atoms with Crippen molar-refractivity contribution < 1.29 is 23.1 Å². The van der Waals surface area contributed by atoms with Crippen molar-refractivity contribution in [2.24, 2.45) is 0 Å². The van der Waals surface area contributed by atoms with E-state index in [2.05, 4.69) is 15.4 Å². The van der Waals surface area contributed by atoms with Gasteiger partial charge < -0.3 is 15.7 Å². The molecule has 134 valence electrons. The van der Waals surface area contributed by atoms with E-state index in [1.165, 1.54) is 6.07 Å². The molecule has 4 N–H and O–H groups in total. The summed E-state index contributed by atoms with van der Waals surface area (Å²) in [6.45, 7) is 6.84. The molecule has 0 aliphatic rings. The van der Waals surface area contributed by atoms with E-state index in [4.69, 9.17) is 5.11 Å². The molecule has 1 rings (SSSR count). The molecule has 0 aromatic heterocycles. The summed E-state index contributed by atoms with van der Waals surface area (Å²) in [6.07, 6.45) is -0.198. The van der Waals surface area contributed by atoms with E-state index < -0.39 is 27.6 Å².